The number of hydrogen-bond acceptors (Lipinski definition) is 3. The second-order valence-electron chi connectivity index (χ2n) is 4.50. The van der Waals surface area contributed by atoms with Gasteiger partial charge in [0, 0.05) is 17.5 Å². The van der Waals surface area contributed by atoms with Gasteiger partial charge in [0.2, 0.25) is 0 Å². The summed E-state index contributed by atoms with van der Waals surface area (Å²) in [6.07, 6.45) is 0. The molecule has 0 aliphatic rings. The maximum absolute atomic E-state index is 14.1. The van der Waals surface area contributed by atoms with Gasteiger partial charge in [0.05, 0.1) is 6.04 Å². The lowest BCUT2D eigenvalue weighted by Crippen LogP contribution is -2.24. The number of nitrogens with one attached hydrogen (secondary N) is 1. The van der Waals surface area contributed by atoms with Gasteiger partial charge in [-0.2, -0.15) is 0 Å². The number of hydrogen-bond donors (Lipinski definition) is 2. The first-order valence-electron chi connectivity index (χ1n) is 6.01. The Balaban J connectivity index is 2.40. The Morgan fingerprint density at radius 2 is 1.95 bits per heavy atom. The summed E-state index contributed by atoms with van der Waals surface area (Å²) < 4.78 is 28.2. The molecule has 0 bridgehead atoms. The van der Waals surface area contributed by atoms with Crippen molar-refractivity contribution in [3.05, 3.63) is 51.7 Å². The van der Waals surface area contributed by atoms with E-state index in [4.69, 9.17) is 11.1 Å². The zero-order chi connectivity index (χ0) is 14.9. The van der Waals surface area contributed by atoms with E-state index in [9.17, 15) is 8.78 Å². The summed E-state index contributed by atoms with van der Waals surface area (Å²) in [6.45, 7) is 1.88. The van der Waals surface area contributed by atoms with Gasteiger partial charge < -0.3 is 10.6 Å². The largest absolute Gasteiger partial charge is 0.384 e. The number of amidine groups is 1. The Morgan fingerprint density at radius 1 is 1.35 bits per heavy atom. The Labute approximate surface area is 120 Å². The topological polar surface area (TPSA) is 53.1 Å². The molecule has 0 radical (unpaired) electrons. The monoisotopic (exact) mass is 295 g/mol. The molecule has 1 unspecified atom stereocenters. The second kappa shape index (κ2) is 5.58. The van der Waals surface area contributed by atoms with E-state index in [1.807, 2.05) is 24.4 Å². The predicted octanol–water partition coefficient (Wildman–Crippen LogP) is 3.51. The van der Waals surface area contributed by atoms with E-state index < -0.39 is 11.6 Å². The van der Waals surface area contributed by atoms with Crippen molar-refractivity contribution < 1.29 is 8.78 Å². The third-order valence-corrected chi connectivity index (χ3v) is 4.26. The summed E-state index contributed by atoms with van der Waals surface area (Å²) in [7, 11) is 1.64. The van der Waals surface area contributed by atoms with Crippen LogP contribution in [-0.2, 0) is 0 Å². The maximum Gasteiger partial charge on any atom is 0.150 e. The molecule has 0 aliphatic heterocycles. The minimum atomic E-state index is -0.721. The summed E-state index contributed by atoms with van der Waals surface area (Å²) in [6, 6.07) is 5.83. The molecule has 1 aromatic carbocycles. The first-order chi connectivity index (χ1) is 9.41. The molecule has 1 heterocycles. The standard InChI is InChI=1S/C14H15F2N3S/c1-8(12-4-3-5-20-12)19(2)13-10(15)6-9(14(17)18)7-11(13)16/h3-8H,1-2H3,(H3,17,18). The van der Waals surface area contributed by atoms with Crippen LogP contribution in [0.3, 0.4) is 0 Å². The van der Waals surface area contributed by atoms with Crippen molar-refractivity contribution in [2.45, 2.75) is 13.0 Å². The van der Waals surface area contributed by atoms with E-state index in [2.05, 4.69) is 0 Å². The SMILES string of the molecule is CC(c1cccs1)N(C)c1c(F)cc(C(=N)N)cc1F. The van der Waals surface area contributed by atoms with Crippen LogP contribution < -0.4 is 10.6 Å². The van der Waals surface area contributed by atoms with Gasteiger partial charge in [0.1, 0.15) is 23.2 Å². The lowest BCUT2D eigenvalue weighted by atomic mass is 10.1. The lowest BCUT2D eigenvalue weighted by molar-refractivity contribution is 0.566. The van der Waals surface area contributed by atoms with Gasteiger partial charge in [-0.25, -0.2) is 8.78 Å². The predicted molar refractivity (Wildman–Crippen MR) is 78.5 cm³/mol. The third kappa shape index (κ3) is 2.65. The molecule has 0 amide bonds. The highest BCUT2D eigenvalue weighted by molar-refractivity contribution is 7.10. The molecule has 1 atom stereocenters. The molecule has 0 spiro atoms. The number of thiophene rings is 1. The third-order valence-electron chi connectivity index (χ3n) is 3.22. The summed E-state index contributed by atoms with van der Waals surface area (Å²) in [5.41, 5.74) is 5.18. The molecule has 0 fully saturated rings. The Morgan fingerprint density at radius 3 is 2.40 bits per heavy atom. The second-order valence-corrected chi connectivity index (χ2v) is 5.48. The number of rotatable bonds is 4. The molecule has 1 aromatic heterocycles. The minimum Gasteiger partial charge on any atom is -0.384 e. The van der Waals surface area contributed by atoms with E-state index in [1.54, 1.807) is 11.9 Å². The minimum absolute atomic E-state index is 0.0425. The first-order valence-corrected chi connectivity index (χ1v) is 6.89. The van der Waals surface area contributed by atoms with E-state index >= 15 is 0 Å². The highest BCUT2D eigenvalue weighted by Crippen LogP contribution is 2.32. The van der Waals surface area contributed by atoms with Gasteiger partial charge in [0.25, 0.3) is 0 Å². The van der Waals surface area contributed by atoms with Gasteiger partial charge in [0.15, 0.2) is 0 Å². The number of nitrogen functional groups attached to an aromatic ring is 1. The number of nitrogens with zero attached hydrogens (tertiary/aromatic N) is 1. The average molecular weight is 295 g/mol. The smallest absolute Gasteiger partial charge is 0.150 e. The van der Waals surface area contributed by atoms with Crippen molar-refractivity contribution in [3.8, 4) is 0 Å². The van der Waals surface area contributed by atoms with Gasteiger partial charge >= 0.3 is 0 Å². The summed E-state index contributed by atoms with van der Waals surface area (Å²) in [5.74, 6) is -1.80. The molecule has 0 saturated heterocycles. The molecule has 3 N–H and O–H groups in total. The molecular weight excluding hydrogens is 280 g/mol. The first kappa shape index (κ1) is 14.5. The van der Waals surface area contributed by atoms with Gasteiger partial charge in [-0.05, 0) is 30.5 Å². The summed E-state index contributed by atoms with van der Waals surface area (Å²) in [5, 5.41) is 9.16. The van der Waals surface area contributed by atoms with Crippen LogP contribution in [0.1, 0.15) is 23.4 Å². The lowest BCUT2D eigenvalue weighted by Gasteiger charge is -2.27. The Kier molecular flexibility index (Phi) is 4.04. The van der Waals surface area contributed by atoms with Crippen LogP contribution in [0.5, 0.6) is 0 Å². The molecule has 2 aromatic rings. The Bertz CT molecular complexity index is 602. The van der Waals surface area contributed by atoms with Crippen molar-refractivity contribution in [1.29, 1.82) is 5.41 Å². The van der Waals surface area contributed by atoms with Crippen LogP contribution in [0.4, 0.5) is 14.5 Å². The highest BCUT2D eigenvalue weighted by atomic mass is 32.1. The molecular formula is C14H15F2N3S. The van der Waals surface area contributed by atoms with E-state index in [1.165, 1.54) is 11.3 Å². The number of nitrogens with two attached hydrogens (primary N) is 1. The highest BCUT2D eigenvalue weighted by Gasteiger charge is 2.21. The normalized spacial score (nSPS) is 12.2. The van der Waals surface area contributed by atoms with Crippen LogP contribution in [0.15, 0.2) is 29.6 Å². The van der Waals surface area contributed by atoms with Crippen LogP contribution in [-0.4, -0.2) is 12.9 Å². The molecule has 2 rings (SSSR count). The van der Waals surface area contributed by atoms with Crippen molar-refractivity contribution in [1.82, 2.24) is 0 Å². The molecule has 6 heteroatoms. The van der Waals surface area contributed by atoms with Crippen molar-refractivity contribution in [2.75, 3.05) is 11.9 Å². The summed E-state index contributed by atoms with van der Waals surface area (Å²) in [4.78, 5) is 2.56. The van der Waals surface area contributed by atoms with E-state index in [0.717, 1.165) is 17.0 Å². The molecule has 0 saturated carbocycles. The van der Waals surface area contributed by atoms with Crippen molar-refractivity contribution in [2.24, 2.45) is 5.73 Å². The van der Waals surface area contributed by atoms with Crippen LogP contribution >= 0.6 is 11.3 Å². The molecule has 0 aliphatic carbocycles. The van der Waals surface area contributed by atoms with Crippen molar-refractivity contribution >= 4 is 22.9 Å². The van der Waals surface area contributed by atoms with Gasteiger partial charge in [-0.1, -0.05) is 6.07 Å². The fourth-order valence-electron chi connectivity index (χ4n) is 1.97. The van der Waals surface area contributed by atoms with Crippen LogP contribution in [0, 0.1) is 17.0 Å². The zero-order valence-electron chi connectivity index (χ0n) is 11.2. The zero-order valence-corrected chi connectivity index (χ0v) is 12.0. The summed E-state index contributed by atoms with van der Waals surface area (Å²) >= 11 is 1.53. The van der Waals surface area contributed by atoms with Crippen molar-refractivity contribution in [3.63, 3.8) is 0 Å². The maximum atomic E-state index is 14.1. The van der Waals surface area contributed by atoms with E-state index in [0.29, 0.717) is 0 Å². The fourth-order valence-corrected chi connectivity index (χ4v) is 2.80. The fraction of sp³-hybridized carbons (Fsp3) is 0.214. The number of halogens is 2. The quantitative estimate of drug-likeness (QED) is 0.670. The van der Waals surface area contributed by atoms with Gasteiger partial charge in [-0.3, -0.25) is 5.41 Å². The van der Waals surface area contributed by atoms with E-state index in [-0.39, 0.29) is 23.1 Å². The van der Waals surface area contributed by atoms with Gasteiger partial charge in [-0.15, -0.1) is 11.3 Å². The number of anilines is 1. The van der Waals surface area contributed by atoms with Crippen LogP contribution in [0.25, 0.3) is 0 Å². The average Bonchev–Trinajstić information content (AvgIpc) is 2.90. The number of benzene rings is 1. The molecule has 20 heavy (non-hydrogen) atoms. The molecule has 106 valence electrons. The Hall–Kier alpha value is -1.95. The van der Waals surface area contributed by atoms with Crippen LogP contribution in [0.2, 0.25) is 0 Å². The molecule has 3 nitrogen and oxygen atoms in total.